The van der Waals surface area contributed by atoms with Crippen LogP contribution in [0.3, 0.4) is 0 Å². The molecule has 140 valence electrons. The van der Waals surface area contributed by atoms with Gasteiger partial charge in [-0.2, -0.15) is 0 Å². The molecule has 1 aliphatic rings. The molecule has 1 atom stereocenters. The first-order valence-electron chi connectivity index (χ1n) is 9.62. The maximum Gasteiger partial charge on any atom is 0.121 e. The van der Waals surface area contributed by atoms with Gasteiger partial charge in [-0.05, 0) is 49.4 Å². The lowest BCUT2D eigenvalue weighted by Crippen LogP contribution is -2.34. The minimum absolute atomic E-state index is 0.258. The second-order valence-electron chi connectivity index (χ2n) is 7.18. The van der Waals surface area contributed by atoms with Crippen LogP contribution in [0.4, 0.5) is 0 Å². The van der Waals surface area contributed by atoms with Crippen LogP contribution in [0.25, 0.3) is 11.0 Å². The number of pyridine rings is 1. The van der Waals surface area contributed by atoms with Crippen molar-refractivity contribution in [2.45, 2.75) is 38.3 Å². The van der Waals surface area contributed by atoms with Crippen LogP contribution < -0.4 is 5.73 Å². The molecular weight excluding hydrogens is 336 g/mol. The standard InChI is InChI=1S/C21H26N6/c22-13-16(23)10-12-27(14-20-25-17-7-1-2-8-18(17)26-20)19-9-3-5-15-6-4-11-24-21(15)19/h1-2,4,6-8,11,19,23H,3,5,9-10,12-14,22H2,(H,25,26). The number of fused-ring (bicyclic) bond motifs is 2. The molecule has 4 rings (SSSR count). The van der Waals surface area contributed by atoms with Crippen LogP contribution in [-0.2, 0) is 13.0 Å². The highest BCUT2D eigenvalue weighted by molar-refractivity contribution is 5.83. The van der Waals surface area contributed by atoms with Crippen LogP contribution >= 0.6 is 0 Å². The quantitative estimate of drug-likeness (QED) is 0.563. The molecule has 1 aromatic carbocycles. The Bertz CT molecular complexity index is 898. The molecule has 0 aliphatic heterocycles. The van der Waals surface area contributed by atoms with Crippen molar-refractivity contribution in [3.05, 3.63) is 59.7 Å². The van der Waals surface area contributed by atoms with Crippen molar-refractivity contribution in [1.82, 2.24) is 19.9 Å². The topological polar surface area (TPSA) is 94.7 Å². The van der Waals surface area contributed by atoms with E-state index in [4.69, 9.17) is 21.1 Å². The number of imidazole rings is 1. The molecule has 0 saturated carbocycles. The average Bonchev–Trinajstić information content (AvgIpc) is 3.13. The number of nitrogens with one attached hydrogen (secondary N) is 2. The van der Waals surface area contributed by atoms with E-state index >= 15 is 0 Å². The van der Waals surface area contributed by atoms with E-state index in [0.717, 1.165) is 42.7 Å². The number of para-hydroxylation sites is 2. The number of nitrogens with zero attached hydrogens (tertiary/aromatic N) is 3. The van der Waals surface area contributed by atoms with E-state index in [0.29, 0.717) is 25.2 Å². The fraction of sp³-hybridized carbons (Fsp3) is 0.381. The Morgan fingerprint density at radius 1 is 1.26 bits per heavy atom. The fourth-order valence-corrected chi connectivity index (χ4v) is 3.94. The van der Waals surface area contributed by atoms with Gasteiger partial charge in [0.1, 0.15) is 5.82 Å². The second-order valence-corrected chi connectivity index (χ2v) is 7.18. The van der Waals surface area contributed by atoms with Gasteiger partial charge in [-0.3, -0.25) is 9.88 Å². The number of H-pyrrole nitrogens is 1. The van der Waals surface area contributed by atoms with Gasteiger partial charge < -0.3 is 16.1 Å². The molecule has 2 aromatic heterocycles. The summed E-state index contributed by atoms with van der Waals surface area (Å²) < 4.78 is 0. The highest BCUT2D eigenvalue weighted by Gasteiger charge is 2.27. The molecule has 27 heavy (non-hydrogen) atoms. The Morgan fingerprint density at radius 2 is 2.15 bits per heavy atom. The summed E-state index contributed by atoms with van der Waals surface area (Å²) in [5.41, 5.74) is 10.8. The Balaban J connectivity index is 1.61. The fourth-order valence-electron chi connectivity index (χ4n) is 3.94. The van der Waals surface area contributed by atoms with E-state index in [1.54, 1.807) is 0 Å². The van der Waals surface area contributed by atoms with Gasteiger partial charge in [0, 0.05) is 25.0 Å². The Hall–Kier alpha value is -2.57. The summed E-state index contributed by atoms with van der Waals surface area (Å²) in [6.07, 6.45) is 5.90. The average molecular weight is 362 g/mol. The van der Waals surface area contributed by atoms with Gasteiger partial charge in [-0.25, -0.2) is 4.98 Å². The van der Waals surface area contributed by atoms with Crippen LogP contribution in [0.2, 0.25) is 0 Å². The zero-order valence-corrected chi connectivity index (χ0v) is 15.5. The zero-order valence-electron chi connectivity index (χ0n) is 15.5. The molecule has 0 spiro atoms. The predicted octanol–water partition coefficient (Wildman–Crippen LogP) is 3.21. The lowest BCUT2D eigenvalue weighted by atomic mass is 9.90. The summed E-state index contributed by atoms with van der Waals surface area (Å²) in [7, 11) is 0. The monoisotopic (exact) mass is 362 g/mol. The van der Waals surface area contributed by atoms with E-state index in [1.807, 2.05) is 30.5 Å². The Morgan fingerprint density at radius 3 is 3.00 bits per heavy atom. The van der Waals surface area contributed by atoms with E-state index in [9.17, 15) is 0 Å². The lowest BCUT2D eigenvalue weighted by Gasteiger charge is -2.34. The maximum atomic E-state index is 7.97. The number of rotatable bonds is 7. The van der Waals surface area contributed by atoms with Gasteiger partial charge in [-0.1, -0.05) is 18.2 Å². The number of aryl methyl sites for hydroxylation is 1. The maximum absolute atomic E-state index is 7.97. The Labute approximate surface area is 159 Å². The van der Waals surface area contributed by atoms with Crippen molar-refractivity contribution >= 4 is 16.7 Å². The van der Waals surface area contributed by atoms with Crippen LogP contribution in [-0.4, -0.2) is 38.7 Å². The van der Waals surface area contributed by atoms with Crippen LogP contribution in [0.15, 0.2) is 42.6 Å². The molecular formula is C21H26N6. The van der Waals surface area contributed by atoms with Gasteiger partial charge in [0.15, 0.2) is 0 Å². The minimum Gasteiger partial charge on any atom is -0.341 e. The van der Waals surface area contributed by atoms with Crippen molar-refractivity contribution in [2.24, 2.45) is 5.73 Å². The van der Waals surface area contributed by atoms with E-state index in [1.165, 1.54) is 11.3 Å². The summed E-state index contributed by atoms with van der Waals surface area (Å²) in [6.45, 7) is 1.82. The number of nitrogens with two attached hydrogens (primary N) is 1. The molecule has 0 amide bonds. The molecule has 1 unspecified atom stereocenters. The number of hydrogen-bond acceptors (Lipinski definition) is 5. The van der Waals surface area contributed by atoms with Crippen LogP contribution in [0, 0.1) is 5.41 Å². The van der Waals surface area contributed by atoms with Crippen molar-refractivity contribution in [3.63, 3.8) is 0 Å². The summed E-state index contributed by atoms with van der Waals surface area (Å²) >= 11 is 0. The number of aromatic amines is 1. The first-order chi connectivity index (χ1) is 13.2. The highest BCUT2D eigenvalue weighted by atomic mass is 15.2. The van der Waals surface area contributed by atoms with E-state index < -0.39 is 0 Å². The molecule has 0 bridgehead atoms. The molecule has 0 fully saturated rings. The summed E-state index contributed by atoms with van der Waals surface area (Å²) in [6, 6.07) is 12.6. The van der Waals surface area contributed by atoms with E-state index in [2.05, 4.69) is 22.0 Å². The van der Waals surface area contributed by atoms with Crippen LogP contribution in [0.1, 0.15) is 42.4 Å². The molecule has 6 nitrogen and oxygen atoms in total. The predicted molar refractivity (Wildman–Crippen MR) is 108 cm³/mol. The van der Waals surface area contributed by atoms with Crippen molar-refractivity contribution in [3.8, 4) is 0 Å². The normalized spacial score (nSPS) is 16.6. The molecule has 0 saturated heterocycles. The molecule has 6 heteroatoms. The van der Waals surface area contributed by atoms with Crippen molar-refractivity contribution in [1.29, 1.82) is 5.41 Å². The largest absolute Gasteiger partial charge is 0.341 e. The van der Waals surface area contributed by atoms with Gasteiger partial charge in [0.25, 0.3) is 0 Å². The third-order valence-electron chi connectivity index (χ3n) is 5.34. The minimum atomic E-state index is 0.258. The molecule has 4 N–H and O–H groups in total. The highest BCUT2D eigenvalue weighted by Crippen LogP contribution is 2.33. The summed E-state index contributed by atoms with van der Waals surface area (Å²) in [4.78, 5) is 15.3. The van der Waals surface area contributed by atoms with Gasteiger partial charge in [-0.15, -0.1) is 0 Å². The van der Waals surface area contributed by atoms with Crippen molar-refractivity contribution in [2.75, 3.05) is 13.1 Å². The molecule has 1 aliphatic carbocycles. The van der Waals surface area contributed by atoms with E-state index in [-0.39, 0.29) is 6.04 Å². The Kier molecular flexibility index (Phi) is 5.27. The van der Waals surface area contributed by atoms with Gasteiger partial charge in [0.2, 0.25) is 0 Å². The van der Waals surface area contributed by atoms with Gasteiger partial charge >= 0.3 is 0 Å². The summed E-state index contributed by atoms with van der Waals surface area (Å²) in [5, 5.41) is 7.97. The molecule has 0 radical (unpaired) electrons. The third-order valence-corrected chi connectivity index (χ3v) is 5.34. The first kappa shape index (κ1) is 17.8. The smallest absolute Gasteiger partial charge is 0.121 e. The molecule has 3 aromatic rings. The van der Waals surface area contributed by atoms with Crippen molar-refractivity contribution < 1.29 is 0 Å². The molecule has 2 heterocycles. The lowest BCUT2D eigenvalue weighted by molar-refractivity contribution is 0.167. The number of aromatic nitrogens is 3. The van der Waals surface area contributed by atoms with Gasteiger partial charge in [0.05, 0.1) is 29.3 Å². The first-order valence-corrected chi connectivity index (χ1v) is 9.62. The SMILES string of the molecule is N=C(CN)CCN(Cc1nc2ccccc2[nH]1)C1CCCc2cccnc21. The number of benzene rings is 1. The zero-order chi connectivity index (χ0) is 18.6. The summed E-state index contributed by atoms with van der Waals surface area (Å²) in [5.74, 6) is 0.957. The number of hydrogen-bond donors (Lipinski definition) is 3. The third kappa shape index (κ3) is 3.91. The second kappa shape index (κ2) is 7.98. The van der Waals surface area contributed by atoms with Crippen LogP contribution in [0.5, 0.6) is 0 Å².